The van der Waals surface area contributed by atoms with E-state index >= 15 is 0 Å². The van der Waals surface area contributed by atoms with Gasteiger partial charge in [0.25, 0.3) is 0 Å². The average molecular weight is 483 g/mol. The van der Waals surface area contributed by atoms with Gasteiger partial charge in [-0.15, -0.1) is 0 Å². The molecule has 34 heavy (non-hydrogen) atoms. The molecule has 2 aliphatic rings. The van der Waals surface area contributed by atoms with Crippen LogP contribution in [-0.2, 0) is 30.8 Å². The Labute approximate surface area is 210 Å². The van der Waals surface area contributed by atoms with Gasteiger partial charge in [0, 0.05) is 0 Å². The minimum absolute atomic E-state index is 0.655. The maximum absolute atomic E-state index is 2.72. The van der Waals surface area contributed by atoms with Gasteiger partial charge >= 0.3 is 211 Å². The molecule has 0 saturated carbocycles. The Hall–Kier alpha value is -2.15. The second-order valence-corrected chi connectivity index (χ2v) is 16.9. The molecule has 0 amide bonds. The molecule has 2 aliphatic carbocycles. The molecule has 0 spiro atoms. The van der Waals surface area contributed by atoms with Gasteiger partial charge in [0.05, 0.1) is 0 Å². The van der Waals surface area contributed by atoms with Crippen molar-refractivity contribution in [2.24, 2.45) is 5.92 Å². The quantitative estimate of drug-likeness (QED) is 0.281. The molecule has 0 fully saturated rings. The molecule has 0 N–H and O–H groups in total. The summed E-state index contributed by atoms with van der Waals surface area (Å²) in [5, 5.41) is 0. The van der Waals surface area contributed by atoms with Crippen LogP contribution in [0.1, 0.15) is 62.6 Å². The summed E-state index contributed by atoms with van der Waals surface area (Å²) < 4.78 is 5.73. The van der Waals surface area contributed by atoms with E-state index in [4.69, 9.17) is 0 Å². The Morgan fingerprint density at radius 3 is 1.53 bits per heavy atom. The van der Waals surface area contributed by atoms with Gasteiger partial charge in [0.1, 0.15) is 0 Å². The molecule has 3 aromatic carbocycles. The summed E-state index contributed by atoms with van der Waals surface area (Å²) in [5.41, 5.74) is 10.0. The summed E-state index contributed by atoms with van der Waals surface area (Å²) in [7, 11) is 0. The Morgan fingerprint density at radius 1 is 0.647 bits per heavy atom. The summed E-state index contributed by atoms with van der Waals surface area (Å²) in [6.45, 7) is 4.94. The summed E-state index contributed by atoms with van der Waals surface area (Å²) in [6, 6.07) is 34.3. The third kappa shape index (κ3) is 4.81. The van der Waals surface area contributed by atoms with Crippen molar-refractivity contribution in [3.8, 4) is 0 Å². The number of hydrogen-bond acceptors (Lipinski definition) is 0. The maximum atomic E-state index is 2.52. The first kappa shape index (κ1) is 23.6. The van der Waals surface area contributed by atoms with Crippen molar-refractivity contribution in [3.63, 3.8) is 0 Å². The zero-order valence-corrected chi connectivity index (χ0v) is 22.5. The molecule has 1 atom stereocenters. The van der Waals surface area contributed by atoms with E-state index in [9.17, 15) is 0 Å². The number of rotatable bonds is 8. The molecule has 5 rings (SSSR count). The van der Waals surface area contributed by atoms with E-state index in [1.165, 1.54) is 63.0 Å². The molecule has 0 bridgehead atoms. The standard InChI is InChI=1S/C12H17.3C7H7.Ti/c1-3-10-8-11-6-4-5-7-12(11)9(10)2;3*1-7-5-3-2-4-6-7;/h9H,3-7H2,1-2H3;3*2-6H,1H2;. The molecule has 0 nitrogen and oxygen atoms in total. The Kier molecular flexibility index (Phi) is 7.38. The Morgan fingerprint density at radius 2 is 1.09 bits per heavy atom. The van der Waals surface area contributed by atoms with Crippen LogP contribution in [0.4, 0.5) is 0 Å². The van der Waals surface area contributed by atoms with Gasteiger partial charge in [0.15, 0.2) is 0 Å². The molecular weight excluding hydrogens is 444 g/mol. The first-order valence-corrected chi connectivity index (χ1v) is 17.4. The fraction of sp³-hybridized carbons (Fsp3) is 0.333. The van der Waals surface area contributed by atoms with Crippen molar-refractivity contribution in [1.29, 1.82) is 0 Å². The fourth-order valence-electron chi connectivity index (χ4n) is 6.87. The molecule has 1 unspecified atom stereocenters. The molecule has 0 radical (unpaired) electrons. The average Bonchev–Trinajstić information content (AvgIpc) is 3.18. The molecule has 0 aromatic heterocycles. The number of benzene rings is 3. The molecule has 0 saturated heterocycles. The predicted octanol–water partition coefficient (Wildman–Crippen LogP) is 8.93. The van der Waals surface area contributed by atoms with Crippen molar-refractivity contribution in [2.45, 2.75) is 60.1 Å². The summed E-state index contributed by atoms with van der Waals surface area (Å²) in [6.07, 6.45) is 6.58. The normalized spacial score (nSPS) is 18.4. The first-order valence-electron chi connectivity index (χ1n) is 13.3. The van der Waals surface area contributed by atoms with Crippen LogP contribution in [0.3, 0.4) is 0 Å². The van der Waals surface area contributed by atoms with E-state index in [-0.39, 0.29) is 0 Å². The van der Waals surface area contributed by atoms with Crippen LogP contribution in [0.25, 0.3) is 0 Å². The number of allylic oxidation sites excluding steroid dienone is 4. The minimum atomic E-state index is -2.72. The third-order valence-electron chi connectivity index (χ3n) is 8.25. The fourth-order valence-corrected chi connectivity index (χ4v) is 16.2. The monoisotopic (exact) mass is 482 g/mol. The summed E-state index contributed by atoms with van der Waals surface area (Å²) >= 11 is -2.72. The van der Waals surface area contributed by atoms with Crippen LogP contribution in [0.2, 0.25) is 0 Å². The predicted molar refractivity (Wildman–Crippen MR) is 142 cm³/mol. The molecule has 174 valence electrons. The van der Waals surface area contributed by atoms with E-state index in [2.05, 4.69) is 105 Å². The van der Waals surface area contributed by atoms with Gasteiger partial charge in [-0.25, -0.2) is 0 Å². The molecule has 0 heterocycles. The van der Waals surface area contributed by atoms with Crippen molar-refractivity contribution < 1.29 is 16.6 Å². The van der Waals surface area contributed by atoms with E-state index in [0.717, 1.165) is 0 Å². The summed E-state index contributed by atoms with van der Waals surface area (Å²) in [5.74, 6) is 0.655. The topological polar surface area (TPSA) is 0 Å². The van der Waals surface area contributed by atoms with Gasteiger partial charge in [0.2, 0.25) is 0 Å². The van der Waals surface area contributed by atoms with Gasteiger partial charge < -0.3 is 0 Å². The third-order valence-corrected chi connectivity index (χ3v) is 16.0. The zero-order chi connectivity index (χ0) is 23.4. The van der Waals surface area contributed by atoms with Gasteiger partial charge in [-0.2, -0.15) is 0 Å². The second kappa shape index (κ2) is 10.6. The molecular formula is C33H38Ti. The Bertz CT molecular complexity index is 1050. The van der Waals surface area contributed by atoms with Crippen molar-refractivity contribution in [3.05, 3.63) is 128 Å². The number of hydrogen-bond donors (Lipinski definition) is 0. The second-order valence-electron chi connectivity index (χ2n) is 10.5. The molecule has 1 heteroatoms. The van der Waals surface area contributed by atoms with Crippen LogP contribution in [0.15, 0.2) is 112 Å². The van der Waals surface area contributed by atoms with Gasteiger partial charge in [-0.1, -0.05) is 0 Å². The van der Waals surface area contributed by atoms with Crippen LogP contribution in [-0.4, -0.2) is 0 Å². The molecule has 0 aliphatic heterocycles. The SMILES string of the molecule is CCC1=[C]([Ti]([CH2]c2ccccc2)([CH2]c2ccccc2)[CH2]c2ccccc2)C2=C(CCCC2)C1C. The van der Waals surface area contributed by atoms with E-state index in [1.54, 1.807) is 5.57 Å². The van der Waals surface area contributed by atoms with Crippen LogP contribution < -0.4 is 0 Å². The van der Waals surface area contributed by atoms with Crippen LogP contribution >= 0.6 is 0 Å². The van der Waals surface area contributed by atoms with E-state index in [0.29, 0.717) is 5.92 Å². The van der Waals surface area contributed by atoms with Gasteiger partial charge in [-0.05, 0) is 0 Å². The van der Waals surface area contributed by atoms with E-state index in [1.807, 2.05) is 15.0 Å². The van der Waals surface area contributed by atoms with Crippen molar-refractivity contribution >= 4 is 0 Å². The van der Waals surface area contributed by atoms with Crippen LogP contribution in [0, 0.1) is 5.92 Å². The van der Waals surface area contributed by atoms with Crippen molar-refractivity contribution in [2.75, 3.05) is 0 Å². The zero-order valence-electron chi connectivity index (χ0n) is 20.9. The van der Waals surface area contributed by atoms with Crippen molar-refractivity contribution in [1.82, 2.24) is 0 Å². The van der Waals surface area contributed by atoms with Gasteiger partial charge in [-0.3, -0.25) is 0 Å². The van der Waals surface area contributed by atoms with E-state index < -0.39 is 16.6 Å². The Balaban J connectivity index is 1.72. The van der Waals surface area contributed by atoms with Crippen LogP contribution in [0.5, 0.6) is 0 Å². The summed E-state index contributed by atoms with van der Waals surface area (Å²) in [4.78, 5) is 0. The first-order chi connectivity index (χ1) is 16.7. The molecule has 3 aromatic rings.